The third kappa shape index (κ3) is 3.38. The molecule has 20 heavy (non-hydrogen) atoms. The molecule has 0 spiro atoms. The molecule has 0 atom stereocenters. The Balaban J connectivity index is 2.02. The van der Waals surface area contributed by atoms with E-state index in [1.165, 1.54) is 0 Å². The van der Waals surface area contributed by atoms with E-state index in [-0.39, 0.29) is 11.4 Å². The minimum Gasteiger partial charge on any atom is -0.325 e. The van der Waals surface area contributed by atoms with Crippen molar-refractivity contribution in [2.75, 3.05) is 26.7 Å². The molecule has 0 unspecified atom stereocenters. The Morgan fingerprint density at radius 2 is 2.10 bits per heavy atom. The van der Waals surface area contributed by atoms with Crippen LogP contribution in [0.2, 0.25) is 0 Å². The molecule has 0 amide bonds. The first-order valence-corrected chi connectivity index (χ1v) is 8.34. The number of H-pyrrole nitrogens is 1. The zero-order valence-electron chi connectivity index (χ0n) is 12.0. The Morgan fingerprint density at radius 3 is 2.70 bits per heavy atom. The molecule has 1 aliphatic heterocycles. The van der Waals surface area contributed by atoms with Gasteiger partial charge in [-0.1, -0.05) is 0 Å². The monoisotopic (exact) mass is 301 g/mol. The Bertz CT molecular complexity index is 546. The molecule has 2 heterocycles. The molecule has 1 saturated heterocycles. The van der Waals surface area contributed by atoms with Gasteiger partial charge in [0, 0.05) is 13.1 Å². The lowest BCUT2D eigenvalue weighted by Gasteiger charge is -2.28. The van der Waals surface area contributed by atoms with Gasteiger partial charge in [0.2, 0.25) is 10.0 Å². The average Bonchev–Trinajstić information content (AvgIpc) is 2.80. The molecular formula is C12H23N5O2S. The van der Waals surface area contributed by atoms with Crippen molar-refractivity contribution in [3.05, 3.63) is 11.4 Å². The smallest absolute Gasteiger partial charge is 0.244 e. The molecule has 8 heteroatoms. The van der Waals surface area contributed by atoms with Gasteiger partial charge in [0.05, 0.1) is 11.4 Å². The van der Waals surface area contributed by atoms with Gasteiger partial charge in [0.25, 0.3) is 0 Å². The van der Waals surface area contributed by atoms with Crippen molar-refractivity contribution in [1.29, 1.82) is 0 Å². The lowest BCUT2D eigenvalue weighted by atomic mass is 9.98. The van der Waals surface area contributed by atoms with Gasteiger partial charge in [-0.15, -0.1) is 0 Å². The highest BCUT2D eigenvalue weighted by atomic mass is 32.2. The second kappa shape index (κ2) is 6.21. The van der Waals surface area contributed by atoms with Crippen LogP contribution in [0.1, 0.15) is 24.2 Å². The van der Waals surface area contributed by atoms with Crippen LogP contribution >= 0.6 is 0 Å². The highest BCUT2D eigenvalue weighted by Crippen LogP contribution is 2.19. The van der Waals surface area contributed by atoms with Crippen molar-refractivity contribution < 1.29 is 8.42 Å². The van der Waals surface area contributed by atoms with Crippen molar-refractivity contribution in [2.45, 2.75) is 31.2 Å². The number of nitrogens with zero attached hydrogens (tertiary/aromatic N) is 2. The van der Waals surface area contributed by atoms with Gasteiger partial charge in [-0.25, -0.2) is 13.1 Å². The predicted octanol–water partition coefficient (Wildman–Crippen LogP) is -0.203. The number of rotatable bonds is 5. The highest BCUT2D eigenvalue weighted by Gasteiger charge is 2.25. The number of hydrogen-bond donors (Lipinski definition) is 3. The number of aromatic amines is 1. The lowest BCUT2D eigenvalue weighted by molar-refractivity contribution is 0.220. The zero-order valence-corrected chi connectivity index (χ0v) is 12.8. The minimum absolute atomic E-state index is 0.106. The maximum absolute atomic E-state index is 12.4. The van der Waals surface area contributed by atoms with E-state index in [0.29, 0.717) is 23.9 Å². The Labute approximate surface area is 120 Å². The number of likely N-dealkylation sites (tertiary alicyclic amines) is 1. The summed E-state index contributed by atoms with van der Waals surface area (Å²) in [7, 11) is -1.45. The normalized spacial score (nSPS) is 18.6. The lowest BCUT2D eigenvalue weighted by Crippen LogP contribution is -2.37. The molecule has 0 radical (unpaired) electrons. The number of sulfonamides is 1. The van der Waals surface area contributed by atoms with E-state index < -0.39 is 10.0 Å². The van der Waals surface area contributed by atoms with Crippen LogP contribution in [-0.4, -0.2) is 50.2 Å². The summed E-state index contributed by atoms with van der Waals surface area (Å²) < 4.78 is 27.4. The quantitative estimate of drug-likeness (QED) is 0.698. The van der Waals surface area contributed by atoms with Crippen LogP contribution in [0.5, 0.6) is 0 Å². The molecule has 0 aliphatic carbocycles. The summed E-state index contributed by atoms with van der Waals surface area (Å²) in [5.74, 6) is 0.398. The van der Waals surface area contributed by atoms with Crippen LogP contribution < -0.4 is 10.5 Å². The van der Waals surface area contributed by atoms with Crippen molar-refractivity contribution in [2.24, 2.45) is 11.7 Å². The van der Waals surface area contributed by atoms with Crippen molar-refractivity contribution in [1.82, 2.24) is 19.8 Å². The number of aromatic nitrogens is 2. The molecule has 0 aromatic carbocycles. The molecule has 0 bridgehead atoms. The van der Waals surface area contributed by atoms with Gasteiger partial charge in [-0.2, -0.15) is 5.10 Å². The summed E-state index contributed by atoms with van der Waals surface area (Å²) in [5, 5.41) is 6.61. The van der Waals surface area contributed by atoms with E-state index in [9.17, 15) is 8.42 Å². The third-order valence-corrected chi connectivity index (χ3v) is 5.45. The summed E-state index contributed by atoms with van der Waals surface area (Å²) in [6, 6.07) is 0. The first-order valence-electron chi connectivity index (χ1n) is 6.86. The Hall–Kier alpha value is -0.960. The van der Waals surface area contributed by atoms with Crippen molar-refractivity contribution in [3.8, 4) is 0 Å². The second-order valence-electron chi connectivity index (χ2n) is 5.43. The van der Waals surface area contributed by atoms with Gasteiger partial charge in [-0.05, 0) is 45.8 Å². The van der Waals surface area contributed by atoms with Crippen LogP contribution in [0.4, 0.5) is 0 Å². The summed E-state index contributed by atoms with van der Waals surface area (Å²) in [5.41, 5.74) is 6.45. The minimum atomic E-state index is -3.54. The van der Waals surface area contributed by atoms with Crippen molar-refractivity contribution >= 4 is 10.0 Å². The van der Waals surface area contributed by atoms with Crippen LogP contribution in [0.15, 0.2) is 4.90 Å². The highest BCUT2D eigenvalue weighted by molar-refractivity contribution is 7.89. The SMILES string of the molecule is Cc1[nH]nc(CN)c1S(=O)(=O)NCC1CCN(C)CC1. The van der Waals surface area contributed by atoms with Gasteiger partial charge in [-0.3, -0.25) is 5.10 Å². The van der Waals surface area contributed by atoms with E-state index in [1.807, 2.05) is 0 Å². The molecule has 114 valence electrons. The standard InChI is InChI=1S/C12H23N5O2S/c1-9-12(11(7-13)16-15-9)20(18,19)14-8-10-3-5-17(2)6-4-10/h10,14H,3-8,13H2,1-2H3,(H,15,16). The molecule has 1 fully saturated rings. The van der Waals surface area contributed by atoms with Gasteiger partial charge in [0.1, 0.15) is 4.90 Å². The third-order valence-electron chi connectivity index (χ3n) is 3.82. The van der Waals surface area contributed by atoms with E-state index in [1.54, 1.807) is 6.92 Å². The van der Waals surface area contributed by atoms with Crippen LogP contribution in [0, 0.1) is 12.8 Å². The maximum Gasteiger partial charge on any atom is 0.244 e. The molecule has 7 nitrogen and oxygen atoms in total. The predicted molar refractivity (Wildman–Crippen MR) is 76.6 cm³/mol. The summed E-state index contributed by atoms with van der Waals surface area (Å²) >= 11 is 0. The topological polar surface area (TPSA) is 104 Å². The summed E-state index contributed by atoms with van der Waals surface area (Å²) in [4.78, 5) is 2.46. The molecule has 1 aromatic heterocycles. The molecule has 0 saturated carbocycles. The zero-order chi connectivity index (χ0) is 14.8. The second-order valence-corrected chi connectivity index (χ2v) is 7.13. The van der Waals surface area contributed by atoms with Gasteiger partial charge in [0.15, 0.2) is 0 Å². The van der Waals surface area contributed by atoms with E-state index >= 15 is 0 Å². The van der Waals surface area contributed by atoms with Crippen LogP contribution in [-0.2, 0) is 16.6 Å². The molecular weight excluding hydrogens is 278 g/mol. The fourth-order valence-electron chi connectivity index (χ4n) is 2.53. The average molecular weight is 301 g/mol. The van der Waals surface area contributed by atoms with E-state index in [2.05, 4.69) is 26.9 Å². The fourth-order valence-corrected chi connectivity index (χ4v) is 4.02. The van der Waals surface area contributed by atoms with E-state index in [4.69, 9.17) is 5.73 Å². The van der Waals surface area contributed by atoms with Gasteiger partial charge >= 0.3 is 0 Å². The molecule has 1 aromatic rings. The number of piperidine rings is 1. The van der Waals surface area contributed by atoms with Gasteiger partial charge < -0.3 is 10.6 Å². The number of hydrogen-bond acceptors (Lipinski definition) is 5. The number of nitrogens with two attached hydrogens (primary N) is 1. The first-order chi connectivity index (χ1) is 9.44. The van der Waals surface area contributed by atoms with E-state index in [0.717, 1.165) is 25.9 Å². The van der Waals surface area contributed by atoms with Crippen LogP contribution in [0.3, 0.4) is 0 Å². The maximum atomic E-state index is 12.4. The molecule has 1 aliphatic rings. The summed E-state index contributed by atoms with van der Waals surface area (Å²) in [6.07, 6.45) is 2.04. The molecule has 2 rings (SSSR count). The molecule has 4 N–H and O–H groups in total. The Morgan fingerprint density at radius 1 is 1.45 bits per heavy atom. The largest absolute Gasteiger partial charge is 0.325 e. The fraction of sp³-hybridized carbons (Fsp3) is 0.750. The summed E-state index contributed by atoms with van der Waals surface area (Å²) in [6.45, 7) is 4.31. The number of aryl methyl sites for hydroxylation is 1. The van der Waals surface area contributed by atoms with Crippen molar-refractivity contribution in [3.63, 3.8) is 0 Å². The Kier molecular flexibility index (Phi) is 4.79. The van der Waals surface area contributed by atoms with Crippen LogP contribution in [0.25, 0.3) is 0 Å². The first kappa shape index (κ1) is 15.4. The number of nitrogens with one attached hydrogen (secondary N) is 2.